The van der Waals surface area contributed by atoms with Gasteiger partial charge in [-0.3, -0.25) is 34.3 Å². The summed E-state index contributed by atoms with van der Waals surface area (Å²) >= 11 is 0. The molecule has 3 saturated heterocycles. The Balaban J connectivity index is 1.45. The highest BCUT2D eigenvalue weighted by Crippen LogP contribution is 2.35. The van der Waals surface area contributed by atoms with Crippen molar-refractivity contribution in [3.05, 3.63) is 34.9 Å². The Morgan fingerprint density at radius 3 is 2.60 bits per heavy atom. The maximum absolute atomic E-state index is 13.3. The topological polar surface area (TPSA) is 98.8 Å². The monoisotopic (exact) mass is 410 g/mol. The number of hydrogen-bond donors (Lipinski definition) is 2. The smallest absolute Gasteiger partial charge is 0.262 e. The summed E-state index contributed by atoms with van der Waals surface area (Å²) in [5, 5.41) is 5.65. The number of carbonyl (C=O) groups is 4. The van der Waals surface area contributed by atoms with Crippen molar-refractivity contribution < 1.29 is 19.2 Å². The van der Waals surface area contributed by atoms with Crippen LogP contribution < -0.4 is 10.6 Å². The lowest BCUT2D eigenvalue weighted by atomic mass is 9.85. The quantitative estimate of drug-likeness (QED) is 0.716. The van der Waals surface area contributed by atoms with Gasteiger partial charge >= 0.3 is 0 Å². The zero-order valence-electron chi connectivity index (χ0n) is 16.9. The van der Waals surface area contributed by atoms with Crippen molar-refractivity contribution in [2.24, 2.45) is 0 Å². The Morgan fingerprint density at radius 2 is 1.87 bits per heavy atom. The average Bonchev–Trinajstić information content (AvgIpc) is 2.83. The third-order valence-corrected chi connectivity index (χ3v) is 7.06. The van der Waals surface area contributed by atoms with Crippen molar-refractivity contribution in [2.75, 3.05) is 19.6 Å². The van der Waals surface area contributed by atoms with E-state index >= 15 is 0 Å². The molecule has 4 amide bonds. The molecule has 5 rings (SSSR count). The van der Waals surface area contributed by atoms with E-state index in [4.69, 9.17) is 0 Å². The van der Waals surface area contributed by atoms with Gasteiger partial charge in [-0.2, -0.15) is 0 Å². The number of imide groups is 2. The lowest BCUT2D eigenvalue weighted by Gasteiger charge is -2.50. The second-order valence-corrected chi connectivity index (χ2v) is 8.85. The van der Waals surface area contributed by atoms with Gasteiger partial charge in [0, 0.05) is 31.6 Å². The van der Waals surface area contributed by atoms with Gasteiger partial charge in [-0.1, -0.05) is 25.0 Å². The molecule has 1 atom stereocenters. The van der Waals surface area contributed by atoms with Crippen LogP contribution in [0.3, 0.4) is 0 Å². The van der Waals surface area contributed by atoms with Crippen molar-refractivity contribution in [3.8, 4) is 0 Å². The highest BCUT2D eigenvalue weighted by molar-refractivity contribution is 6.24. The summed E-state index contributed by atoms with van der Waals surface area (Å²) in [5.74, 6) is -1.80. The summed E-state index contributed by atoms with van der Waals surface area (Å²) in [4.78, 5) is 53.7. The molecule has 3 fully saturated rings. The van der Waals surface area contributed by atoms with Crippen molar-refractivity contribution in [1.82, 2.24) is 20.4 Å². The molecule has 8 nitrogen and oxygen atoms in total. The maximum Gasteiger partial charge on any atom is 0.262 e. The van der Waals surface area contributed by atoms with Gasteiger partial charge in [-0.25, -0.2) is 0 Å². The summed E-state index contributed by atoms with van der Waals surface area (Å²) in [7, 11) is 0. The minimum absolute atomic E-state index is 0.125. The molecule has 1 spiro atoms. The molecular formula is C22H26N4O4. The number of rotatable bonds is 3. The number of nitrogens with one attached hydrogen (secondary N) is 2. The molecule has 158 valence electrons. The number of carbonyl (C=O) groups excluding carboxylic acids is 4. The van der Waals surface area contributed by atoms with Crippen LogP contribution in [0.5, 0.6) is 0 Å². The second kappa shape index (κ2) is 7.28. The van der Waals surface area contributed by atoms with Crippen molar-refractivity contribution >= 4 is 23.6 Å². The summed E-state index contributed by atoms with van der Waals surface area (Å²) in [5.41, 5.74) is 1.75. The second-order valence-electron chi connectivity index (χ2n) is 8.85. The van der Waals surface area contributed by atoms with Crippen LogP contribution in [0.1, 0.15) is 64.8 Å². The predicted octanol–water partition coefficient (Wildman–Crippen LogP) is 0.806. The van der Waals surface area contributed by atoms with Gasteiger partial charge in [-0.05, 0) is 37.4 Å². The first-order chi connectivity index (χ1) is 14.5. The Morgan fingerprint density at radius 1 is 1.03 bits per heavy atom. The van der Waals surface area contributed by atoms with Crippen molar-refractivity contribution in [2.45, 2.75) is 56.7 Å². The Labute approximate surface area is 175 Å². The van der Waals surface area contributed by atoms with E-state index in [1.165, 1.54) is 12.8 Å². The fraction of sp³-hybridized carbons (Fsp3) is 0.545. The molecule has 0 bridgehead atoms. The molecule has 0 radical (unpaired) electrons. The van der Waals surface area contributed by atoms with E-state index in [1.807, 2.05) is 12.1 Å². The first-order valence-electron chi connectivity index (χ1n) is 10.8. The zero-order valence-corrected chi connectivity index (χ0v) is 16.9. The van der Waals surface area contributed by atoms with E-state index < -0.39 is 23.8 Å². The minimum atomic E-state index is -0.927. The standard InChI is InChI=1S/C22H26N4O4/c27-17-8-7-16(19(28)24-17)26-20(29)15-6-4-5-14(18(15)21(26)30)11-25-10-3-1-2-9-22(25)12-23-13-22/h4-6,16,23H,1-3,7-13H2,(H,24,27,28). The van der Waals surface area contributed by atoms with E-state index in [0.29, 0.717) is 17.7 Å². The number of likely N-dealkylation sites (tertiary alicyclic amines) is 1. The Bertz CT molecular complexity index is 939. The molecule has 1 unspecified atom stereocenters. The van der Waals surface area contributed by atoms with Crippen LogP contribution in [0, 0.1) is 0 Å². The van der Waals surface area contributed by atoms with E-state index in [9.17, 15) is 19.2 Å². The van der Waals surface area contributed by atoms with Crippen LogP contribution in [0.2, 0.25) is 0 Å². The number of amides is 4. The third-order valence-electron chi connectivity index (χ3n) is 7.06. The highest BCUT2D eigenvalue weighted by Gasteiger charge is 2.47. The van der Waals surface area contributed by atoms with Gasteiger partial charge in [0.1, 0.15) is 6.04 Å². The number of benzene rings is 1. The normalized spacial score (nSPS) is 26.4. The van der Waals surface area contributed by atoms with E-state index in [0.717, 1.165) is 42.9 Å². The number of piperidine rings is 1. The number of hydrogen-bond acceptors (Lipinski definition) is 6. The molecule has 30 heavy (non-hydrogen) atoms. The van der Waals surface area contributed by atoms with Crippen molar-refractivity contribution in [3.63, 3.8) is 0 Å². The molecule has 8 heteroatoms. The SMILES string of the molecule is O=C1CCC(N2C(=O)c3cccc(CN4CCCCCC45CNC5)c3C2=O)C(=O)N1. The fourth-order valence-electron chi connectivity index (χ4n) is 5.31. The Hall–Kier alpha value is -2.58. The molecule has 0 saturated carbocycles. The van der Waals surface area contributed by atoms with Crippen LogP contribution >= 0.6 is 0 Å². The highest BCUT2D eigenvalue weighted by atomic mass is 16.2. The van der Waals surface area contributed by atoms with Crippen LogP contribution in [0.25, 0.3) is 0 Å². The summed E-state index contributed by atoms with van der Waals surface area (Å²) in [6, 6.07) is 4.47. The van der Waals surface area contributed by atoms with Gasteiger partial charge in [0.25, 0.3) is 11.8 Å². The van der Waals surface area contributed by atoms with Crippen LogP contribution in [0.15, 0.2) is 18.2 Å². The molecular weight excluding hydrogens is 384 g/mol. The molecule has 4 aliphatic heterocycles. The summed E-state index contributed by atoms with van der Waals surface area (Å²) < 4.78 is 0. The van der Waals surface area contributed by atoms with E-state index in [-0.39, 0.29) is 24.3 Å². The van der Waals surface area contributed by atoms with Crippen LogP contribution in [-0.2, 0) is 16.1 Å². The average molecular weight is 410 g/mol. The summed E-state index contributed by atoms with van der Waals surface area (Å²) in [6.45, 7) is 3.51. The fourth-order valence-corrected chi connectivity index (χ4v) is 5.31. The van der Waals surface area contributed by atoms with Gasteiger partial charge in [0.2, 0.25) is 11.8 Å². The molecule has 4 heterocycles. The largest absolute Gasteiger partial charge is 0.313 e. The number of fused-ring (bicyclic) bond motifs is 1. The van der Waals surface area contributed by atoms with Crippen LogP contribution in [0.4, 0.5) is 0 Å². The first-order valence-corrected chi connectivity index (χ1v) is 10.8. The molecule has 2 N–H and O–H groups in total. The molecule has 1 aromatic rings. The molecule has 4 aliphatic rings. The van der Waals surface area contributed by atoms with E-state index in [1.54, 1.807) is 6.07 Å². The number of nitrogens with zero attached hydrogens (tertiary/aromatic N) is 2. The summed E-state index contributed by atoms with van der Waals surface area (Å²) in [6.07, 6.45) is 5.00. The minimum Gasteiger partial charge on any atom is -0.313 e. The predicted molar refractivity (Wildman–Crippen MR) is 108 cm³/mol. The molecule has 0 aromatic heterocycles. The first kappa shape index (κ1) is 19.4. The van der Waals surface area contributed by atoms with Crippen LogP contribution in [-0.4, -0.2) is 64.6 Å². The Kier molecular flexibility index (Phi) is 4.71. The van der Waals surface area contributed by atoms with Gasteiger partial charge in [0.15, 0.2) is 0 Å². The lowest BCUT2D eigenvalue weighted by molar-refractivity contribution is -0.136. The lowest BCUT2D eigenvalue weighted by Crippen LogP contribution is -2.68. The molecule has 1 aromatic carbocycles. The van der Waals surface area contributed by atoms with Gasteiger partial charge in [0.05, 0.1) is 11.1 Å². The van der Waals surface area contributed by atoms with E-state index in [2.05, 4.69) is 15.5 Å². The van der Waals surface area contributed by atoms with Gasteiger partial charge < -0.3 is 5.32 Å². The molecule has 0 aliphatic carbocycles. The van der Waals surface area contributed by atoms with Crippen molar-refractivity contribution in [1.29, 1.82) is 0 Å². The third kappa shape index (κ3) is 2.97. The van der Waals surface area contributed by atoms with Gasteiger partial charge in [-0.15, -0.1) is 0 Å². The zero-order chi connectivity index (χ0) is 20.9. The maximum atomic E-state index is 13.3.